The lowest BCUT2D eigenvalue weighted by molar-refractivity contribution is 0.0695. The number of carboxylic acid groups (broad SMARTS) is 1. The first-order valence-electron chi connectivity index (χ1n) is 7.20. The molecule has 3 rings (SSSR count). The summed E-state index contributed by atoms with van der Waals surface area (Å²) >= 11 is 0. The van der Waals surface area contributed by atoms with Gasteiger partial charge in [-0.1, -0.05) is 6.07 Å². The van der Waals surface area contributed by atoms with Gasteiger partial charge in [0.1, 0.15) is 0 Å². The number of carboxylic acids is 1. The van der Waals surface area contributed by atoms with Gasteiger partial charge in [0.25, 0.3) is 5.91 Å². The maximum absolute atomic E-state index is 12.5. The molecular weight excluding hydrogens is 334 g/mol. The molecule has 2 aromatic rings. The smallest absolute Gasteiger partial charge is 0.335 e. The fourth-order valence-corrected chi connectivity index (χ4v) is 3.21. The van der Waals surface area contributed by atoms with E-state index in [1.54, 1.807) is 18.2 Å². The van der Waals surface area contributed by atoms with Crippen LogP contribution in [0.1, 0.15) is 32.0 Å². The van der Waals surface area contributed by atoms with Gasteiger partial charge in [-0.25, -0.2) is 13.2 Å². The molecule has 0 fully saturated rings. The van der Waals surface area contributed by atoms with E-state index in [4.69, 9.17) is 9.52 Å². The van der Waals surface area contributed by atoms with Crippen LogP contribution in [0.4, 0.5) is 0 Å². The Balaban J connectivity index is 1.84. The number of rotatable bonds is 3. The molecule has 1 amide bonds. The highest BCUT2D eigenvalue weighted by molar-refractivity contribution is 7.90. The van der Waals surface area contributed by atoms with E-state index in [9.17, 15) is 18.0 Å². The number of aromatic carboxylic acids is 1. The quantitative estimate of drug-likeness (QED) is 0.902. The lowest BCUT2D eigenvalue weighted by Crippen LogP contribution is -2.35. The predicted molar refractivity (Wildman–Crippen MR) is 83.7 cm³/mol. The molecule has 1 aliphatic heterocycles. The third-order valence-electron chi connectivity index (χ3n) is 3.91. The largest absolute Gasteiger partial charge is 0.478 e. The van der Waals surface area contributed by atoms with Crippen LogP contribution in [0.2, 0.25) is 0 Å². The second kappa shape index (κ2) is 5.79. The van der Waals surface area contributed by atoms with E-state index in [0.717, 1.165) is 17.4 Å². The minimum absolute atomic E-state index is 0.0479. The van der Waals surface area contributed by atoms with Gasteiger partial charge < -0.3 is 14.4 Å². The molecule has 1 aromatic heterocycles. The van der Waals surface area contributed by atoms with E-state index in [0.29, 0.717) is 13.0 Å². The second-order valence-corrected chi connectivity index (χ2v) is 7.60. The molecule has 0 bridgehead atoms. The monoisotopic (exact) mass is 349 g/mol. The highest BCUT2D eigenvalue weighted by Gasteiger charge is 2.25. The lowest BCUT2D eigenvalue weighted by Gasteiger charge is -2.28. The average Bonchev–Trinajstić information content (AvgIpc) is 3.03. The fraction of sp³-hybridized carbons (Fsp3) is 0.250. The molecule has 126 valence electrons. The lowest BCUT2D eigenvalue weighted by atomic mass is 9.97. The summed E-state index contributed by atoms with van der Waals surface area (Å²) < 4.78 is 28.0. The van der Waals surface area contributed by atoms with Crippen molar-refractivity contribution in [2.75, 3.05) is 12.8 Å². The first-order valence-corrected chi connectivity index (χ1v) is 9.09. The summed E-state index contributed by atoms with van der Waals surface area (Å²) in [6.07, 6.45) is 1.60. The number of hydrogen-bond acceptors (Lipinski definition) is 5. The molecule has 8 heteroatoms. The number of sulfone groups is 1. The van der Waals surface area contributed by atoms with Crippen molar-refractivity contribution < 1.29 is 27.5 Å². The zero-order valence-corrected chi connectivity index (χ0v) is 13.7. The first-order chi connectivity index (χ1) is 11.3. The Morgan fingerprint density at radius 1 is 1.17 bits per heavy atom. The summed E-state index contributed by atoms with van der Waals surface area (Å²) in [4.78, 5) is 25.1. The van der Waals surface area contributed by atoms with Crippen LogP contribution in [-0.2, 0) is 22.8 Å². The van der Waals surface area contributed by atoms with Gasteiger partial charge >= 0.3 is 5.97 Å². The number of hydrogen-bond donors (Lipinski definition) is 1. The highest BCUT2D eigenvalue weighted by atomic mass is 32.2. The zero-order chi connectivity index (χ0) is 17.5. The van der Waals surface area contributed by atoms with Crippen LogP contribution in [0.25, 0.3) is 0 Å². The normalized spacial score (nSPS) is 14.3. The van der Waals surface area contributed by atoms with Crippen LogP contribution in [0.15, 0.2) is 39.8 Å². The molecule has 1 N–H and O–H groups in total. The van der Waals surface area contributed by atoms with E-state index in [1.807, 2.05) is 0 Å². The highest BCUT2D eigenvalue weighted by Crippen LogP contribution is 2.23. The summed E-state index contributed by atoms with van der Waals surface area (Å²) in [6.45, 7) is 0.706. The third kappa shape index (κ3) is 3.05. The Morgan fingerprint density at radius 3 is 2.54 bits per heavy atom. The third-order valence-corrected chi connectivity index (χ3v) is 4.86. The number of carbonyl (C=O) groups excluding carboxylic acids is 1. The maximum atomic E-state index is 12.5. The van der Waals surface area contributed by atoms with Crippen LogP contribution in [0, 0.1) is 0 Å². The molecule has 0 atom stereocenters. The van der Waals surface area contributed by atoms with Crippen molar-refractivity contribution in [3.63, 3.8) is 0 Å². The van der Waals surface area contributed by atoms with Crippen LogP contribution >= 0.6 is 0 Å². The Bertz CT molecular complexity index is 928. The van der Waals surface area contributed by atoms with Gasteiger partial charge in [-0.3, -0.25) is 4.79 Å². The zero-order valence-electron chi connectivity index (χ0n) is 12.9. The topological polar surface area (TPSA) is 105 Å². The van der Waals surface area contributed by atoms with Crippen LogP contribution in [0.3, 0.4) is 0 Å². The molecule has 0 saturated heterocycles. The molecule has 2 heterocycles. The van der Waals surface area contributed by atoms with E-state index < -0.39 is 21.7 Å². The van der Waals surface area contributed by atoms with Gasteiger partial charge in [-0.2, -0.15) is 0 Å². The molecule has 0 radical (unpaired) electrons. The van der Waals surface area contributed by atoms with Gasteiger partial charge in [-0.05, 0) is 41.8 Å². The molecule has 0 unspecified atom stereocenters. The number of amides is 1. The number of furan rings is 1. The minimum Gasteiger partial charge on any atom is -0.478 e. The van der Waals surface area contributed by atoms with E-state index >= 15 is 0 Å². The Kier molecular flexibility index (Phi) is 3.92. The standard InChI is InChI=1S/C16H15NO6S/c1-24(21,22)14-5-4-13(23-14)15(18)17-7-6-10-2-3-11(16(19)20)8-12(10)9-17/h2-5,8H,6-7,9H2,1H3,(H,19,20). The molecule has 24 heavy (non-hydrogen) atoms. The number of benzene rings is 1. The van der Waals surface area contributed by atoms with Gasteiger partial charge in [0.15, 0.2) is 5.76 Å². The molecule has 0 saturated carbocycles. The van der Waals surface area contributed by atoms with Crippen molar-refractivity contribution in [2.24, 2.45) is 0 Å². The van der Waals surface area contributed by atoms with Crippen LogP contribution in [-0.4, -0.2) is 43.1 Å². The molecule has 1 aliphatic rings. The Hall–Kier alpha value is -2.61. The van der Waals surface area contributed by atoms with Gasteiger partial charge in [0.05, 0.1) is 5.56 Å². The van der Waals surface area contributed by atoms with Crippen molar-refractivity contribution >= 4 is 21.7 Å². The number of carbonyl (C=O) groups is 2. The van der Waals surface area contributed by atoms with Crippen molar-refractivity contribution in [1.29, 1.82) is 0 Å². The van der Waals surface area contributed by atoms with Crippen molar-refractivity contribution in [3.8, 4) is 0 Å². The summed E-state index contributed by atoms with van der Waals surface area (Å²) in [7, 11) is -3.51. The van der Waals surface area contributed by atoms with Crippen molar-refractivity contribution in [3.05, 3.63) is 52.8 Å². The van der Waals surface area contributed by atoms with Gasteiger partial charge in [0, 0.05) is 19.3 Å². The van der Waals surface area contributed by atoms with E-state index in [-0.39, 0.29) is 23.0 Å². The van der Waals surface area contributed by atoms with Crippen molar-refractivity contribution in [2.45, 2.75) is 18.1 Å². The molecule has 7 nitrogen and oxygen atoms in total. The summed E-state index contributed by atoms with van der Waals surface area (Å²) in [5.74, 6) is -1.49. The van der Waals surface area contributed by atoms with Crippen LogP contribution in [0.5, 0.6) is 0 Å². The molecule has 0 spiro atoms. The van der Waals surface area contributed by atoms with Gasteiger partial charge in [0.2, 0.25) is 14.9 Å². The molecule has 0 aliphatic carbocycles. The molecular formula is C16H15NO6S. The molecule has 1 aromatic carbocycles. The minimum atomic E-state index is -3.51. The van der Waals surface area contributed by atoms with Gasteiger partial charge in [-0.15, -0.1) is 0 Å². The van der Waals surface area contributed by atoms with E-state index in [2.05, 4.69) is 0 Å². The Labute approximate surface area is 138 Å². The Morgan fingerprint density at radius 2 is 1.92 bits per heavy atom. The van der Waals surface area contributed by atoms with E-state index in [1.165, 1.54) is 17.0 Å². The fourth-order valence-electron chi connectivity index (χ4n) is 2.65. The number of fused-ring (bicyclic) bond motifs is 1. The van der Waals surface area contributed by atoms with Crippen molar-refractivity contribution in [1.82, 2.24) is 4.90 Å². The second-order valence-electron chi connectivity index (χ2n) is 5.66. The summed E-state index contributed by atoms with van der Waals surface area (Å²) in [5.41, 5.74) is 1.94. The SMILES string of the molecule is CS(=O)(=O)c1ccc(C(=O)N2CCc3ccc(C(=O)O)cc3C2)o1. The van der Waals surface area contributed by atoms with Crippen LogP contribution < -0.4 is 0 Å². The first kappa shape index (κ1) is 16.3. The summed E-state index contributed by atoms with van der Waals surface area (Å²) in [5, 5.41) is 8.81. The maximum Gasteiger partial charge on any atom is 0.335 e. The number of nitrogens with zero attached hydrogens (tertiary/aromatic N) is 1. The summed E-state index contributed by atoms with van der Waals surface area (Å²) in [6, 6.07) is 7.45. The average molecular weight is 349 g/mol. The predicted octanol–water partition coefficient (Wildman–Crippen LogP) is 1.58.